The summed E-state index contributed by atoms with van der Waals surface area (Å²) < 4.78 is 1.48. The number of hydrogen-bond donors (Lipinski definition) is 3. The molecule has 0 unspecified atom stereocenters. The molecule has 2 amide bonds. The number of hydrogen-bond acceptors (Lipinski definition) is 4. The van der Waals surface area contributed by atoms with E-state index in [0.717, 1.165) is 25.7 Å². The standard InChI is InChI=1S/C16H19N5O3/c22-14-6-5-11(7-17-14)16(24)20-13-8-18-21(9-13)10-15(23)19-12-3-1-2-4-12/h5-9,12H,1-4,10H2,(H,17,22)(H,19,23)(H,20,24). The summed E-state index contributed by atoms with van der Waals surface area (Å²) in [5.74, 6) is -0.440. The van der Waals surface area contributed by atoms with Crippen molar-refractivity contribution >= 4 is 17.5 Å². The lowest BCUT2D eigenvalue weighted by molar-refractivity contribution is -0.122. The first-order valence-corrected chi connectivity index (χ1v) is 7.92. The normalized spacial score (nSPS) is 14.5. The molecule has 0 saturated heterocycles. The maximum Gasteiger partial charge on any atom is 0.257 e. The third-order valence-electron chi connectivity index (χ3n) is 3.96. The number of carbonyl (C=O) groups is 2. The van der Waals surface area contributed by atoms with Gasteiger partial charge in [-0.05, 0) is 18.9 Å². The van der Waals surface area contributed by atoms with Gasteiger partial charge in [0.2, 0.25) is 11.5 Å². The zero-order valence-corrected chi connectivity index (χ0v) is 13.1. The fourth-order valence-electron chi connectivity index (χ4n) is 2.76. The Morgan fingerprint density at radius 3 is 2.79 bits per heavy atom. The second-order valence-corrected chi connectivity index (χ2v) is 5.87. The lowest BCUT2D eigenvalue weighted by Crippen LogP contribution is -2.35. The van der Waals surface area contributed by atoms with Gasteiger partial charge in [0.05, 0.1) is 17.4 Å². The molecule has 1 saturated carbocycles. The summed E-state index contributed by atoms with van der Waals surface area (Å²) >= 11 is 0. The van der Waals surface area contributed by atoms with Gasteiger partial charge < -0.3 is 15.6 Å². The van der Waals surface area contributed by atoms with Gasteiger partial charge in [-0.3, -0.25) is 19.1 Å². The van der Waals surface area contributed by atoms with E-state index in [-0.39, 0.29) is 30.0 Å². The number of carbonyl (C=O) groups excluding carboxylic acids is 2. The Bertz CT molecular complexity index is 769. The fraction of sp³-hybridized carbons (Fsp3) is 0.375. The summed E-state index contributed by atoms with van der Waals surface area (Å²) in [7, 11) is 0. The van der Waals surface area contributed by atoms with E-state index in [2.05, 4.69) is 20.7 Å². The molecule has 0 atom stereocenters. The van der Waals surface area contributed by atoms with Crippen molar-refractivity contribution < 1.29 is 9.59 Å². The molecule has 3 rings (SSSR count). The van der Waals surface area contributed by atoms with Crippen molar-refractivity contribution in [2.45, 2.75) is 38.3 Å². The lowest BCUT2D eigenvalue weighted by Gasteiger charge is -2.11. The van der Waals surface area contributed by atoms with E-state index in [9.17, 15) is 14.4 Å². The summed E-state index contributed by atoms with van der Waals surface area (Å²) in [5.41, 5.74) is 0.550. The first-order chi connectivity index (χ1) is 11.6. The average Bonchev–Trinajstić information content (AvgIpc) is 3.20. The molecule has 0 bridgehead atoms. The zero-order valence-electron chi connectivity index (χ0n) is 13.1. The van der Waals surface area contributed by atoms with Crippen LogP contribution in [0.2, 0.25) is 0 Å². The number of amides is 2. The summed E-state index contributed by atoms with van der Waals surface area (Å²) in [5, 5.41) is 9.73. The molecule has 2 heterocycles. The van der Waals surface area contributed by atoms with Crippen LogP contribution in [0.4, 0.5) is 5.69 Å². The largest absolute Gasteiger partial charge is 0.352 e. The molecule has 2 aromatic rings. The van der Waals surface area contributed by atoms with Crippen LogP contribution in [0.5, 0.6) is 0 Å². The summed E-state index contributed by atoms with van der Waals surface area (Å²) in [6.45, 7) is 0.116. The van der Waals surface area contributed by atoms with E-state index in [0.29, 0.717) is 11.3 Å². The monoisotopic (exact) mass is 329 g/mol. The van der Waals surface area contributed by atoms with Gasteiger partial charge in [0.25, 0.3) is 5.91 Å². The van der Waals surface area contributed by atoms with E-state index >= 15 is 0 Å². The van der Waals surface area contributed by atoms with Gasteiger partial charge in [0, 0.05) is 24.5 Å². The van der Waals surface area contributed by atoms with E-state index in [1.807, 2.05) is 0 Å². The minimum Gasteiger partial charge on any atom is -0.352 e. The predicted octanol–water partition coefficient (Wildman–Crippen LogP) is 0.882. The number of pyridine rings is 1. The number of nitrogens with one attached hydrogen (secondary N) is 3. The highest BCUT2D eigenvalue weighted by Crippen LogP contribution is 2.17. The summed E-state index contributed by atoms with van der Waals surface area (Å²) in [6.07, 6.45) is 8.80. The van der Waals surface area contributed by atoms with Crippen LogP contribution in [-0.4, -0.2) is 32.6 Å². The van der Waals surface area contributed by atoms with Gasteiger partial charge in [-0.2, -0.15) is 5.10 Å². The summed E-state index contributed by atoms with van der Waals surface area (Å²) in [6, 6.07) is 2.99. The number of aromatic amines is 1. The van der Waals surface area contributed by atoms with E-state index in [1.54, 1.807) is 6.20 Å². The van der Waals surface area contributed by atoms with E-state index in [1.165, 1.54) is 29.2 Å². The first kappa shape index (κ1) is 16.0. The maximum atomic E-state index is 12.0. The molecule has 3 N–H and O–H groups in total. The molecule has 0 spiro atoms. The van der Waals surface area contributed by atoms with Crippen molar-refractivity contribution in [3.8, 4) is 0 Å². The minimum absolute atomic E-state index is 0.0801. The molecule has 8 heteroatoms. The molecule has 24 heavy (non-hydrogen) atoms. The molecule has 0 aromatic carbocycles. The molecule has 8 nitrogen and oxygen atoms in total. The average molecular weight is 329 g/mol. The Morgan fingerprint density at radius 2 is 2.08 bits per heavy atom. The topological polar surface area (TPSA) is 109 Å². The predicted molar refractivity (Wildman–Crippen MR) is 87.6 cm³/mol. The van der Waals surface area contributed by atoms with Crippen molar-refractivity contribution in [3.63, 3.8) is 0 Å². The van der Waals surface area contributed by atoms with Gasteiger partial charge in [0.15, 0.2) is 0 Å². The van der Waals surface area contributed by atoms with Crippen LogP contribution < -0.4 is 16.2 Å². The van der Waals surface area contributed by atoms with Crippen LogP contribution in [0, 0.1) is 0 Å². The van der Waals surface area contributed by atoms with Crippen molar-refractivity contribution in [2.24, 2.45) is 0 Å². The minimum atomic E-state index is -0.360. The Labute approximate surface area is 138 Å². The van der Waals surface area contributed by atoms with Crippen molar-refractivity contribution in [3.05, 3.63) is 46.6 Å². The third kappa shape index (κ3) is 4.09. The second kappa shape index (κ2) is 7.12. The number of anilines is 1. The Hall–Kier alpha value is -2.90. The van der Waals surface area contributed by atoms with Crippen LogP contribution in [0.25, 0.3) is 0 Å². The van der Waals surface area contributed by atoms with E-state index < -0.39 is 0 Å². The number of aromatic nitrogens is 3. The quantitative estimate of drug-likeness (QED) is 0.756. The third-order valence-corrected chi connectivity index (χ3v) is 3.96. The van der Waals surface area contributed by atoms with Gasteiger partial charge in [-0.1, -0.05) is 12.8 Å². The lowest BCUT2D eigenvalue weighted by atomic mass is 10.2. The Balaban J connectivity index is 1.54. The molecule has 0 radical (unpaired) electrons. The highest BCUT2D eigenvalue weighted by molar-refractivity contribution is 6.03. The molecule has 2 aromatic heterocycles. The van der Waals surface area contributed by atoms with Gasteiger partial charge in [0.1, 0.15) is 6.54 Å². The molecule has 1 aliphatic carbocycles. The van der Waals surface area contributed by atoms with Crippen LogP contribution in [0.3, 0.4) is 0 Å². The highest BCUT2D eigenvalue weighted by Gasteiger charge is 2.17. The number of rotatable bonds is 5. The maximum absolute atomic E-state index is 12.0. The van der Waals surface area contributed by atoms with Crippen molar-refractivity contribution in [1.29, 1.82) is 0 Å². The van der Waals surface area contributed by atoms with E-state index in [4.69, 9.17) is 0 Å². The molecule has 1 aliphatic rings. The van der Waals surface area contributed by atoms with Gasteiger partial charge >= 0.3 is 0 Å². The number of H-pyrrole nitrogens is 1. The smallest absolute Gasteiger partial charge is 0.257 e. The van der Waals surface area contributed by atoms with Crippen LogP contribution in [-0.2, 0) is 11.3 Å². The number of nitrogens with zero attached hydrogens (tertiary/aromatic N) is 2. The van der Waals surface area contributed by atoms with Crippen molar-refractivity contribution in [2.75, 3.05) is 5.32 Å². The zero-order chi connectivity index (χ0) is 16.9. The highest BCUT2D eigenvalue weighted by atomic mass is 16.2. The summed E-state index contributed by atoms with van der Waals surface area (Å²) in [4.78, 5) is 37.4. The SMILES string of the molecule is O=C(Cn1cc(NC(=O)c2ccc(=O)[nH]c2)cn1)NC1CCCC1. The van der Waals surface area contributed by atoms with Crippen LogP contribution >= 0.6 is 0 Å². The molecule has 0 aliphatic heterocycles. The molecule has 1 fully saturated rings. The first-order valence-electron chi connectivity index (χ1n) is 7.92. The second-order valence-electron chi connectivity index (χ2n) is 5.87. The van der Waals surface area contributed by atoms with Gasteiger partial charge in [-0.15, -0.1) is 0 Å². The van der Waals surface area contributed by atoms with Gasteiger partial charge in [-0.25, -0.2) is 0 Å². The molecular weight excluding hydrogens is 310 g/mol. The Morgan fingerprint density at radius 1 is 1.29 bits per heavy atom. The Kier molecular flexibility index (Phi) is 4.74. The van der Waals surface area contributed by atoms with Crippen LogP contribution in [0.1, 0.15) is 36.0 Å². The molecular formula is C16H19N5O3. The van der Waals surface area contributed by atoms with Crippen LogP contribution in [0.15, 0.2) is 35.5 Å². The van der Waals surface area contributed by atoms with Crippen molar-refractivity contribution in [1.82, 2.24) is 20.1 Å². The fourth-order valence-corrected chi connectivity index (χ4v) is 2.76. The molecule has 126 valence electrons.